The molecule has 0 unspecified atom stereocenters. The molecule has 1 aromatic carbocycles. The lowest BCUT2D eigenvalue weighted by molar-refractivity contribution is 0.275. The first-order valence-corrected chi connectivity index (χ1v) is 7.64. The van der Waals surface area contributed by atoms with E-state index >= 15 is 0 Å². The molecule has 21 heavy (non-hydrogen) atoms. The van der Waals surface area contributed by atoms with Gasteiger partial charge in [0, 0.05) is 18.8 Å². The predicted molar refractivity (Wildman–Crippen MR) is 75.2 cm³/mol. The summed E-state index contributed by atoms with van der Waals surface area (Å²) in [6.07, 6.45) is 1.58. The largest absolute Gasteiger partial charge is 0.392 e. The van der Waals surface area contributed by atoms with Crippen LogP contribution in [-0.4, -0.2) is 29.9 Å². The third kappa shape index (κ3) is 3.44. The number of aromatic nitrogens is 1. The maximum atomic E-state index is 13.3. The molecule has 1 N–H and O–H groups in total. The van der Waals surface area contributed by atoms with Crippen molar-refractivity contribution < 1.29 is 17.9 Å². The Balaban J connectivity index is 2.29. The minimum Gasteiger partial charge on any atom is -0.392 e. The fourth-order valence-electron chi connectivity index (χ4n) is 1.82. The topological polar surface area (TPSA) is 70.5 Å². The van der Waals surface area contributed by atoms with Gasteiger partial charge in [0.05, 0.1) is 23.7 Å². The molecule has 0 fully saturated rings. The van der Waals surface area contributed by atoms with Crippen LogP contribution >= 0.6 is 0 Å². The number of pyridine rings is 1. The first kappa shape index (κ1) is 15.6. The Hall–Kier alpha value is -1.83. The standard InChI is InChI=1S/C14H15FN2O3S/c1-17(9-12-4-2-3-7-16-12)21(19,20)13-5-6-14(15)11(8-13)10-18/h2-8,18H,9-10H2,1H3. The summed E-state index contributed by atoms with van der Waals surface area (Å²) in [5.41, 5.74) is 0.551. The summed E-state index contributed by atoms with van der Waals surface area (Å²) in [5, 5.41) is 9.02. The smallest absolute Gasteiger partial charge is 0.243 e. The number of aliphatic hydroxyl groups excluding tert-OH is 1. The first-order chi connectivity index (χ1) is 9.95. The molecular formula is C14H15FN2O3S. The van der Waals surface area contributed by atoms with E-state index in [1.165, 1.54) is 13.1 Å². The molecule has 1 aromatic heterocycles. The predicted octanol–water partition coefficient (Wildman–Crippen LogP) is 1.53. The molecular weight excluding hydrogens is 295 g/mol. The summed E-state index contributed by atoms with van der Waals surface area (Å²) < 4.78 is 39.3. The second-order valence-corrected chi connectivity index (χ2v) is 6.54. The van der Waals surface area contributed by atoms with Crippen LogP contribution in [0, 0.1) is 5.82 Å². The highest BCUT2D eigenvalue weighted by atomic mass is 32.2. The lowest BCUT2D eigenvalue weighted by Crippen LogP contribution is -2.27. The van der Waals surface area contributed by atoms with Gasteiger partial charge in [-0.05, 0) is 30.3 Å². The van der Waals surface area contributed by atoms with Crippen molar-refractivity contribution >= 4 is 10.0 Å². The summed E-state index contributed by atoms with van der Waals surface area (Å²) in [4.78, 5) is 4.00. The van der Waals surface area contributed by atoms with Crippen LogP contribution in [-0.2, 0) is 23.2 Å². The minimum absolute atomic E-state index is 0.0534. The van der Waals surface area contributed by atoms with E-state index in [0.717, 1.165) is 16.4 Å². The number of hydrogen-bond donors (Lipinski definition) is 1. The monoisotopic (exact) mass is 310 g/mol. The Morgan fingerprint density at radius 3 is 2.67 bits per heavy atom. The molecule has 0 atom stereocenters. The molecule has 7 heteroatoms. The number of aliphatic hydroxyl groups is 1. The summed E-state index contributed by atoms with van der Waals surface area (Å²) in [6.45, 7) is -0.450. The van der Waals surface area contributed by atoms with Gasteiger partial charge < -0.3 is 5.11 Å². The zero-order valence-corrected chi connectivity index (χ0v) is 12.2. The number of hydrogen-bond acceptors (Lipinski definition) is 4. The normalized spacial score (nSPS) is 11.8. The maximum absolute atomic E-state index is 13.3. The van der Waals surface area contributed by atoms with Gasteiger partial charge in [-0.15, -0.1) is 0 Å². The van der Waals surface area contributed by atoms with Gasteiger partial charge in [0.1, 0.15) is 5.82 Å². The summed E-state index contributed by atoms with van der Waals surface area (Å²) in [5.74, 6) is -0.635. The molecule has 0 bridgehead atoms. The van der Waals surface area contributed by atoms with Crippen LogP contribution in [0.15, 0.2) is 47.5 Å². The van der Waals surface area contributed by atoms with Gasteiger partial charge in [0.25, 0.3) is 0 Å². The van der Waals surface area contributed by atoms with Crippen LogP contribution < -0.4 is 0 Å². The van der Waals surface area contributed by atoms with E-state index in [9.17, 15) is 12.8 Å². The quantitative estimate of drug-likeness (QED) is 0.909. The molecule has 0 aliphatic heterocycles. The van der Waals surface area contributed by atoms with Crippen molar-refractivity contribution in [2.45, 2.75) is 18.0 Å². The van der Waals surface area contributed by atoms with E-state index in [4.69, 9.17) is 5.11 Å². The van der Waals surface area contributed by atoms with E-state index in [0.29, 0.717) is 5.69 Å². The molecule has 0 aliphatic carbocycles. The molecule has 0 aliphatic rings. The highest BCUT2D eigenvalue weighted by molar-refractivity contribution is 7.89. The average molecular weight is 310 g/mol. The summed E-state index contributed by atoms with van der Waals surface area (Å²) in [7, 11) is -2.35. The molecule has 0 spiro atoms. The molecule has 0 radical (unpaired) electrons. The van der Waals surface area contributed by atoms with Crippen LogP contribution in [0.5, 0.6) is 0 Å². The van der Waals surface area contributed by atoms with Gasteiger partial charge in [-0.25, -0.2) is 12.8 Å². The highest BCUT2D eigenvalue weighted by Gasteiger charge is 2.22. The Labute approximate surface area is 122 Å². The van der Waals surface area contributed by atoms with Crippen LogP contribution in [0.2, 0.25) is 0 Å². The van der Waals surface area contributed by atoms with Gasteiger partial charge >= 0.3 is 0 Å². The van der Waals surface area contributed by atoms with Gasteiger partial charge in [-0.3, -0.25) is 4.98 Å². The highest BCUT2D eigenvalue weighted by Crippen LogP contribution is 2.19. The van der Waals surface area contributed by atoms with E-state index in [-0.39, 0.29) is 17.0 Å². The third-order valence-corrected chi connectivity index (χ3v) is 4.81. The summed E-state index contributed by atoms with van der Waals surface area (Å²) >= 11 is 0. The lowest BCUT2D eigenvalue weighted by Gasteiger charge is -2.17. The second kappa shape index (κ2) is 6.30. The van der Waals surface area contributed by atoms with E-state index in [1.54, 1.807) is 24.4 Å². The summed E-state index contributed by atoms with van der Waals surface area (Å²) in [6, 6.07) is 8.58. The number of rotatable bonds is 5. The van der Waals surface area contributed by atoms with Gasteiger partial charge in [-0.1, -0.05) is 6.07 Å². The van der Waals surface area contributed by atoms with Crippen LogP contribution in [0.3, 0.4) is 0 Å². The lowest BCUT2D eigenvalue weighted by atomic mass is 10.2. The first-order valence-electron chi connectivity index (χ1n) is 6.20. The van der Waals surface area contributed by atoms with Crippen molar-refractivity contribution in [3.63, 3.8) is 0 Å². The number of benzene rings is 1. The van der Waals surface area contributed by atoms with E-state index < -0.39 is 22.4 Å². The average Bonchev–Trinajstić information content (AvgIpc) is 2.48. The molecule has 0 saturated carbocycles. The number of sulfonamides is 1. The molecule has 2 aromatic rings. The number of halogens is 1. The van der Waals surface area contributed by atoms with Crippen molar-refractivity contribution in [3.8, 4) is 0 Å². The van der Waals surface area contributed by atoms with Crippen molar-refractivity contribution in [1.82, 2.24) is 9.29 Å². The zero-order valence-electron chi connectivity index (χ0n) is 11.4. The maximum Gasteiger partial charge on any atom is 0.243 e. The molecule has 112 valence electrons. The fourth-order valence-corrected chi connectivity index (χ4v) is 3.01. The Kier molecular flexibility index (Phi) is 4.66. The Morgan fingerprint density at radius 1 is 1.29 bits per heavy atom. The van der Waals surface area contributed by atoms with Crippen molar-refractivity contribution in [1.29, 1.82) is 0 Å². The Morgan fingerprint density at radius 2 is 2.05 bits per heavy atom. The van der Waals surface area contributed by atoms with Crippen LogP contribution in [0.1, 0.15) is 11.3 Å². The van der Waals surface area contributed by atoms with Crippen molar-refractivity contribution in [2.24, 2.45) is 0 Å². The zero-order chi connectivity index (χ0) is 15.5. The fraction of sp³-hybridized carbons (Fsp3) is 0.214. The van der Waals surface area contributed by atoms with Gasteiger partial charge in [-0.2, -0.15) is 4.31 Å². The van der Waals surface area contributed by atoms with Crippen molar-refractivity contribution in [3.05, 3.63) is 59.7 Å². The molecule has 5 nitrogen and oxygen atoms in total. The van der Waals surface area contributed by atoms with Crippen molar-refractivity contribution in [2.75, 3.05) is 7.05 Å². The molecule has 0 saturated heterocycles. The molecule has 0 amide bonds. The second-order valence-electron chi connectivity index (χ2n) is 4.49. The van der Waals surface area contributed by atoms with Gasteiger partial charge in [0.2, 0.25) is 10.0 Å². The van der Waals surface area contributed by atoms with E-state index in [1.807, 2.05) is 0 Å². The SMILES string of the molecule is CN(Cc1ccccn1)S(=O)(=O)c1ccc(F)c(CO)c1. The third-order valence-electron chi connectivity index (χ3n) is 3.01. The van der Waals surface area contributed by atoms with Crippen LogP contribution in [0.25, 0.3) is 0 Å². The van der Waals surface area contributed by atoms with E-state index in [2.05, 4.69) is 4.98 Å². The Bertz CT molecular complexity index is 720. The molecule has 2 rings (SSSR count). The van der Waals surface area contributed by atoms with Gasteiger partial charge in [0.15, 0.2) is 0 Å². The minimum atomic E-state index is -3.77. The van der Waals surface area contributed by atoms with Crippen LogP contribution in [0.4, 0.5) is 4.39 Å². The molecule has 1 heterocycles. The number of nitrogens with zero attached hydrogens (tertiary/aromatic N) is 2.